The highest BCUT2D eigenvalue weighted by atomic mass is 32.2. The number of fused-ring (bicyclic) bond motifs is 1. The Morgan fingerprint density at radius 1 is 1.26 bits per heavy atom. The summed E-state index contributed by atoms with van der Waals surface area (Å²) < 4.78 is 10.8. The van der Waals surface area contributed by atoms with Crippen LogP contribution in [0.25, 0.3) is 0 Å². The first kappa shape index (κ1) is 15.7. The first-order valence-electron chi connectivity index (χ1n) is 7.28. The number of amides is 1. The fourth-order valence-electron chi connectivity index (χ4n) is 2.67. The van der Waals surface area contributed by atoms with E-state index in [1.165, 1.54) is 0 Å². The van der Waals surface area contributed by atoms with Crippen molar-refractivity contribution in [3.05, 3.63) is 35.0 Å². The van der Waals surface area contributed by atoms with E-state index < -0.39 is 0 Å². The van der Waals surface area contributed by atoms with Crippen molar-refractivity contribution in [3.63, 3.8) is 0 Å². The van der Waals surface area contributed by atoms with Crippen LogP contribution in [0.1, 0.15) is 29.0 Å². The summed E-state index contributed by atoms with van der Waals surface area (Å²) in [5.74, 6) is 2.01. The molecule has 0 spiro atoms. The van der Waals surface area contributed by atoms with Crippen molar-refractivity contribution in [1.82, 2.24) is 10.2 Å². The van der Waals surface area contributed by atoms with E-state index in [1.54, 1.807) is 26.0 Å². The summed E-state index contributed by atoms with van der Waals surface area (Å²) in [6, 6.07) is 5.74. The molecule has 0 saturated carbocycles. The van der Waals surface area contributed by atoms with Gasteiger partial charge in [-0.25, -0.2) is 0 Å². The van der Waals surface area contributed by atoms with Gasteiger partial charge in [-0.2, -0.15) is 5.10 Å². The predicted octanol–water partition coefficient (Wildman–Crippen LogP) is 2.90. The van der Waals surface area contributed by atoms with Gasteiger partial charge in [-0.05, 0) is 19.9 Å². The summed E-state index contributed by atoms with van der Waals surface area (Å²) in [6.07, 6.45) is 0. The number of ether oxygens (including phenoxy) is 2. The van der Waals surface area contributed by atoms with Gasteiger partial charge in [-0.1, -0.05) is 6.07 Å². The minimum atomic E-state index is -0.194. The molecule has 2 atom stereocenters. The second-order valence-electron chi connectivity index (χ2n) is 5.37. The molecule has 2 aromatic rings. The Labute approximate surface area is 138 Å². The number of nitrogens with zero attached hydrogens (tertiary/aromatic N) is 1. The molecule has 0 saturated heterocycles. The Kier molecular flexibility index (Phi) is 4.21. The number of hydrogen-bond acceptors (Lipinski definition) is 5. The smallest absolute Gasteiger partial charge is 0.238 e. The number of benzene rings is 1. The number of carbonyl (C=O) groups is 1. The summed E-state index contributed by atoms with van der Waals surface area (Å²) in [7, 11) is 3.26. The minimum Gasteiger partial charge on any atom is -0.497 e. The Hall–Kier alpha value is -2.15. The van der Waals surface area contributed by atoms with E-state index >= 15 is 0 Å². The van der Waals surface area contributed by atoms with Crippen LogP contribution < -0.4 is 14.8 Å². The SMILES string of the molecule is COc1ccc([C@H]2S[C@@H](C)C(=O)Nc3n[nH]c(C)c32)c(OC)c1. The zero-order valence-electron chi connectivity index (χ0n) is 13.5. The molecule has 0 bridgehead atoms. The zero-order valence-corrected chi connectivity index (χ0v) is 14.3. The largest absolute Gasteiger partial charge is 0.497 e. The predicted molar refractivity (Wildman–Crippen MR) is 90.4 cm³/mol. The third-order valence-electron chi connectivity index (χ3n) is 3.93. The molecule has 1 amide bonds. The molecule has 7 heteroatoms. The zero-order chi connectivity index (χ0) is 16.6. The Morgan fingerprint density at radius 2 is 2.04 bits per heavy atom. The fourth-order valence-corrected chi connectivity index (χ4v) is 4.03. The van der Waals surface area contributed by atoms with E-state index in [-0.39, 0.29) is 16.4 Å². The standard InChI is InChI=1S/C16H19N3O3S/c1-8-13-14(11-6-5-10(21-3)7-12(11)22-4)23-9(2)16(20)17-15(13)19-18-8/h5-7,9,14H,1-4H3,(H2,17,18,19,20)/t9-,14+/m0/s1. The molecule has 1 aromatic heterocycles. The van der Waals surface area contributed by atoms with Crippen LogP contribution in [-0.4, -0.2) is 35.6 Å². The van der Waals surface area contributed by atoms with Crippen LogP contribution in [0.15, 0.2) is 18.2 Å². The van der Waals surface area contributed by atoms with Gasteiger partial charge in [0, 0.05) is 22.9 Å². The number of aryl methyl sites for hydroxylation is 1. The highest BCUT2D eigenvalue weighted by Crippen LogP contribution is 2.47. The van der Waals surface area contributed by atoms with Gasteiger partial charge in [0.05, 0.1) is 24.7 Å². The van der Waals surface area contributed by atoms with Gasteiger partial charge in [-0.3, -0.25) is 9.89 Å². The summed E-state index contributed by atoms with van der Waals surface area (Å²) in [6.45, 7) is 3.85. The van der Waals surface area contributed by atoms with Crippen LogP contribution in [0.2, 0.25) is 0 Å². The van der Waals surface area contributed by atoms with E-state index in [2.05, 4.69) is 15.5 Å². The Bertz CT molecular complexity index is 744. The highest BCUT2D eigenvalue weighted by Gasteiger charge is 2.33. The van der Waals surface area contributed by atoms with Gasteiger partial charge in [-0.15, -0.1) is 11.8 Å². The molecule has 122 valence electrons. The number of carbonyl (C=O) groups excluding carboxylic acids is 1. The summed E-state index contributed by atoms with van der Waals surface area (Å²) in [4.78, 5) is 12.2. The molecule has 1 aliphatic rings. The van der Waals surface area contributed by atoms with E-state index in [1.807, 2.05) is 32.0 Å². The summed E-state index contributed by atoms with van der Waals surface area (Å²) >= 11 is 1.58. The molecule has 0 radical (unpaired) electrons. The van der Waals surface area contributed by atoms with Crippen molar-refractivity contribution < 1.29 is 14.3 Å². The van der Waals surface area contributed by atoms with Gasteiger partial charge < -0.3 is 14.8 Å². The van der Waals surface area contributed by atoms with Crippen LogP contribution >= 0.6 is 11.8 Å². The van der Waals surface area contributed by atoms with E-state index in [0.29, 0.717) is 5.82 Å². The number of rotatable bonds is 3. The van der Waals surface area contributed by atoms with E-state index in [0.717, 1.165) is 28.3 Å². The van der Waals surface area contributed by atoms with Crippen LogP contribution in [0.4, 0.5) is 5.82 Å². The van der Waals surface area contributed by atoms with Gasteiger partial charge in [0.15, 0.2) is 5.82 Å². The molecule has 1 aliphatic heterocycles. The van der Waals surface area contributed by atoms with Crippen molar-refractivity contribution in [3.8, 4) is 11.5 Å². The van der Waals surface area contributed by atoms with Gasteiger partial charge in [0.25, 0.3) is 0 Å². The third-order valence-corrected chi connectivity index (χ3v) is 5.32. The van der Waals surface area contributed by atoms with Crippen LogP contribution in [0.3, 0.4) is 0 Å². The van der Waals surface area contributed by atoms with Crippen LogP contribution in [0.5, 0.6) is 11.5 Å². The first-order chi connectivity index (χ1) is 11.0. The number of methoxy groups -OCH3 is 2. The lowest BCUT2D eigenvalue weighted by Gasteiger charge is -2.20. The molecule has 3 rings (SSSR count). The second-order valence-corrected chi connectivity index (χ2v) is 6.82. The minimum absolute atomic E-state index is 0.0438. The number of aromatic amines is 1. The molecule has 23 heavy (non-hydrogen) atoms. The highest BCUT2D eigenvalue weighted by molar-refractivity contribution is 8.01. The molecule has 2 N–H and O–H groups in total. The maximum absolute atomic E-state index is 12.2. The van der Waals surface area contributed by atoms with Crippen molar-refractivity contribution in [1.29, 1.82) is 0 Å². The molecule has 6 nitrogen and oxygen atoms in total. The lowest BCUT2D eigenvalue weighted by molar-refractivity contribution is -0.115. The molecule has 2 heterocycles. The molecule has 0 fully saturated rings. The third kappa shape index (κ3) is 2.76. The second kappa shape index (κ2) is 6.16. The van der Waals surface area contributed by atoms with Crippen molar-refractivity contribution in [2.75, 3.05) is 19.5 Å². The normalized spacial score (nSPS) is 20.4. The van der Waals surface area contributed by atoms with Crippen LogP contribution in [0, 0.1) is 6.92 Å². The Balaban J connectivity index is 2.14. The summed E-state index contributed by atoms with van der Waals surface area (Å²) in [5, 5.41) is 9.82. The van der Waals surface area contributed by atoms with Crippen molar-refractivity contribution >= 4 is 23.5 Å². The number of H-pyrrole nitrogens is 1. The van der Waals surface area contributed by atoms with E-state index in [9.17, 15) is 4.79 Å². The first-order valence-corrected chi connectivity index (χ1v) is 8.22. The lowest BCUT2D eigenvalue weighted by Crippen LogP contribution is -2.21. The maximum atomic E-state index is 12.2. The topological polar surface area (TPSA) is 76.2 Å². The summed E-state index contributed by atoms with van der Waals surface area (Å²) in [5.41, 5.74) is 2.91. The average molecular weight is 333 g/mol. The van der Waals surface area contributed by atoms with Gasteiger partial charge in [0.1, 0.15) is 11.5 Å². The maximum Gasteiger partial charge on any atom is 0.238 e. The van der Waals surface area contributed by atoms with E-state index in [4.69, 9.17) is 9.47 Å². The van der Waals surface area contributed by atoms with Crippen LogP contribution in [-0.2, 0) is 4.79 Å². The number of nitrogens with one attached hydrogen (secondary N) is 2. The van der Waals surface area contributed by atoms with Crippen molar-refractivity contribution in [2.45, 2.75) is 24.3 Å². The molecular formula is C16H19N3O3S. The molecule has 1 aromatic carbocycles. The average Bonchev–Trinajstić information content (AvgIpc) is 2.85. The quantitative estimate of drug-likeness (QED) is 0.903. The number of hydrogen-bond donors (Lipinski definition) is 2. The monoisotopic (exact) mass is 333 g/mol. The number of thioether (sulfide) groups is 1. The fraction of sp³-hybridized carbons (Fsp3) is 0.375. The van der Waals surface area contributed by atoms with Gasteiger partial charge in [0.2, 0.25) is 5.91 Å². The molecule has 0 unspecified atom stereocenters. The molecular weight excluding hydrogens is 314 g/mol. The number of aromatic nitrogens is 2. The Morgan fingerprint density at radius 3 is 2.74 bits per heavy atom. The lowest BCUT2D eigenvalue weighted by atomic mass is 10.0. The van der Waals surface area contributed by atoms with Crippen molar-refractivity contribution in [2.24, 2.45) is 0 Å². The molecule has 0 aliphatic carbocycles. The van der Waals surface area contributed by atoms with Gasteiger partial charge >= 0.3 is 0 Å². The number of anilines is 1.